The lowest BCUT2D eigenvalue weighted by atomic mass is 10.1. The van der Waals surface area contributed by atoms with E-state index in [-0.39, 0.29) is 6.04 Å². The first-order valence-electron chi connectivity index (χ1n) is 7.26. The summed E-state index contributed by atoms with van der Waals surface area (Å²) in [5.41, 5.74) is 11.4. The van der Waals surface area contributed by atoms with Gasteiger partial charge < -0.3 is 5.73 Å². The van der Waals surface area contributed by atoms with Crippen molar-refractivity contribution in [2.24, 2.45) is 12.8 Å². The molecule has 0 radical (unpaired) electrons. The van der Waals surface area contributed by atoms with E-state index in [0.29, 0.717) is 6.54 Å². The lowest BCUT2D eigenvalue weighted by Gasteiger charge is -2.26. The smallest absolute Gasteiger partial charge is 0.0670 e. The van der Waals surface area contributed by atoms with E-state index in [1.807, 2.05) is 11.7 Å². The van der Waals surface area contributed by atoms with Gasteiger partial charge >= 0.3 is 0 Å². The Morgan fingerprint density at radius 1 is 1.25 bits per heavy atom. The van der Waals surface area contributed by atoms with Crippen molar-refractivity contribution in [2.45, 2.75) is 32.5 Å². The van der Waals surface area contributed by atoms with Crippen LogP contribution in [0.4, 0.5) is 0 Å². The van der Waals surface area contributed by atoms with Crippen molar-refractivity contribution in [1.82, 2.24) is 14.7 Å². The Morgan fingerprint density at radius 3 is 2.45 bits per heavy atom. The highest BCUT2D eigenvalue weighted by molar-refractivity contribution is 5.32. The largest absolute Gasteiger partial charge is 0.329 e. The van der Waals surface area contributed by atoms with Gasteiger partial charge in [0.1, 0.15) is 0 Å². The minimum atomic E-state index is 0.256. The Kier molecular flexibility index (Phi) is 3.59. The summed E-state index contributed by atoms with van der Waals surface area (Å²) < 4.78 is 1.90. The van der Waals surface area contributed by atoms with Crippen LogP contribution in [-0.4, -0.2) is 21.2 Å². The Balaban J connectivity index is 1.88. The van der Waals surface area contributed by atoms with Gasteiger partial charge in [-0.1, -0.05) is 31.2 Å². The highest BCUT2D eigenvalue weighted by Gasteiger charge is 2.28. The van der Waals surface area contributed by atoms with Crippen LogP contribution in [0.2, 0.25) is 0 Å². The minimum Gasteiger partial charge on any atom is -0.329 e. The molecule has 2 aromatic rings. The van der Waals surface area contributed by atoms with Crippen molar-refractivity contribution in [3.05, 3.63) is 52.8 Å². The summed E-state index contributed by atoms with van der Waals surface area (Å²) in [6, 6.07) is 8.91. The third kappa shape index (κ3) is 2.25. The van der Waals surface area contributed by atoms with Gasteiger partial charge in [-0.15, -0.1) is 0 Å². The Hall–Kier alpha value is -1.65. The molecule has 1 aromatic carbocycles. The summed E-state index contributed by atoms with van der Waals surface area (Å²) in [6.45, 7) is 4.75. The van der Waals surface area contributed by atoms with Crippen LogP contribution in [0.5, 0.6) is 0 Å². The highest BCUT2D eigenvalue weighted by Crippen LogP contribution is 2.31. The fourth-order valence-corrected chi connectivity index (χ4v) is 3.16. The number of nitrogens with zero attached hydrogens (tertiary/aromatic N) is 3. The standard InChI is InChI=1S/C16H22N4/c1-3-15-14(11-19(2)18-15)16(8-17)20-9-12-6-4-5-7-13(12)10-20/h4-7,11,16H,3,8-10,17H2,1-2H3. The second-order valence-electron chi connectivity index (χ2n) is 5.48. The van der Waals surface area contributed by atoms with Gasteiger partial charge in [-0.25, -0.2) is 0 Å². The zero-order valence-electron chi connectivity index (χ0n) is 12.2. The van der Waals surface area contributed by atoms with E-state index < -0.39 is 0 Å². The fraction of sp³-hybridized carbons (Fsp3) is 0.438. The molecule has 0 aliphatic carbocycles. The van der Waals surface area contributed by atoms with Crippen molar-refractivity contribution >= 4 is 0 Å². The van der Waals surface area contributed by atoms with Crippen LogP contribution in [0, 0.1) is 0 Å². The quantitative estimate of drug-likeness (QED) is 0.924. The molecule has 20 heavy (non-hydrogen) atoms. The number of nitrogens with two attached hydrogens (primary N) is 1. The van der Waals surface area contributed by atoms with E-state index in [0.717, 1.165) is 19.5 Å². The van der Waals surface area contributed by atoms with Gasteiger partial charge in [-0.2, -0.15) is 5.10 Å². The second-order valence-corrected chi connectivity index (χ2v) is 5.48. The summed E-state index contributed by atoms with van der Waals surface area (Å²) in [5, 5.41) is 4.55. The van der Waals surface area contributed by atoms with Crippen molar-refractivity contribution in [3.63, 3.8) is 0 Å². The van der Waals surface area contributed by atoms with E-state index in [2.05, 4.69) is 47.4 Å². The number of fused-ring (bicyclic) bond motifs is 1. The van der Waals surface area contributed by atoms with Crippen LogP contribution < -0.4 is 5.73 Å². The van der Waals surface area contributed by atoms with Crippen LogP contribution in [0.3, 0.4) is 0 Å². The van der Waals surface area contributed by atoms with Crippen LogP contribution in [0.1, 0.15) is 35.3 Å². The van der Waals surface area contributed by atoms with E-state index in [4.69, 9.17) is 5.73 Å². The van der Waals surface area contributed by atoms with Gasteiger partial charge in [-0.05, 0) is 17.5 Å². The number of hydrogen-bond acceptors (Lipinski definition) is 3. The molecule has 0 saturated heterocycles. The molecular weight excluding hydrogens is 248 g/mol. The highest BCUT2D eigenvalue weighted by atomic mass is 15.3. The monoisotopic (exact) mass is 270 g/mol. The third-order valence-corrected chi connectivity index (χ3v) is 4.16. The molecule has 0 fully saturated rings. The second kappa shape index (κ2) is 5.38. The number of aromatic nitrogens is 2. The topological polar surface area (TPSA) is 47.1 Å². The summed E-state index contributed by atoms with van der Waals surface area (Å²) in [4.78, 5) is 2.46. The average Bonchev–Trinajstić information content (AvgIpc) is 3.03. The molecule has 1 atom stereocenters. The molecule has 2 N–H and O–H groups in total. The van der Waals surface area contributed by atoms with Gasteiger partial charge in [0.15, 0.2) is 0 Å². The maximum absolute atomic E-state index is 6.07. The molecule has 2 heterocycles. The Labute approximate surface area is 120 Å². The molecule has 0 bridgehead atoms. The molecule has 3 rings (SSSR count). The van der Waals surface area contributed by atoms with Crippen molar-refractivity contribution in [2.75, 3.05) is 6.54 Å². The molecule has 1 aliphatic rings. The SMILES string of the molecule is CCc1nn(C)cc1C(CN)N1Cc2ccccc2C1. The molecule has 1 unspecified atom stereocenters. The van der Waals surface area contributed by atoms with Crippen molar-refractivity contribution < 1.29 is 0 Å². The minimum absolute atomic E-state index is 0.256. The average molecular weight is 270 g/mol. The molecule has 1 aromatic heterocycles. The van der Waals surface area contributed by atoms with E-state index in [1.54, 1.807) is 0 Å². The van der Waals surface area contributed by atoms with Crippen molar-refractivity contribution in [1.29, 1.82) is 0 Å². The first-order valence-corrected chi connectivity index (χ1v) is 7.26. The normalized spacial score (nSPS) is 16.4. The van der Waals surface area contributed by atoms with E-state index in [1.165, 1.54) is 22.4 Å². The lowest BCUT2D eigenvalue weighted by Crippen LogP contribution is -2.30. The van der Waals surface area contributed by atoms with Gasteiger partial charge in [0, 0.05) is 38.4 Å². The summed E-state index contributed by atoms with van der Waals surface area (Å²) in [5.74, 6) is 0. The third-order valence-electron chi connectivity index (χ3n) is 4.16. The molecule has 0 amide bonds. The number of hydrogen-bond donors (Lipinski definition) is 1. The first-order chi connectivity index (χ1) is 9.72. The van der Waals surface area contributed by atoms with Gasteiger partial charge in [0.05, 0.1) is 11.7 Å². The molecule has 0 saturated carbocycles. The van der Waals surface area contributed by atoms with Crippen LogP contribution in [0.25, 0.3) is 0 Å². The van der Waals surface area contributed by atoms with Gasteiger partial charge in [0.25, 0.3) is 0 Å². The van der Waals surface area contributed by atoms with Crippen LogP contribution in [0.15, 0.2) is 30.5 Å². The van der Waals surface area contributed by atoms with Crippen LogP contribution >= 0.6 is 0 Å². The molecule has 1 aliphatic heterocycles. The zero-order valence-corrected chi connectivity index (χ0v) is 12.2. The Bertz CT molecular complexity index is 577. The summed E-state index contributed by atoms with van der Waals surface area (Å²) in [6.07, 6.45) is 3.08. The van der Waals surface area contributed by atoms with Crippen molar-refractivity contribution in [3.8, 4) is 0 Å². The number of benzene rings is 1. The summed E-state index contributed by atoms with van der Waals surface area (Å²) >= 11 is 0. The first kappa shape index (κ1) is 13.3. The van der Waals surface area contributed by atoms with E-state index in [9.17, 15) is 0 Å². The molecule has 0 spiro atoms. The molecular formula is C16H22N4. The predicted molar refractivity (Wildman–Crippen MR) is 80.1 cm³/mol. The lowest BCUT2D eigenvalue weighted by molar-refractivity contribution is 0.204. The maximum Gasteiger partial charge on any atom is 0.0670 e. The molecule has 106 valence electrons. The van der Waals surface area contributed by atoms with Gasteiger partial charge in [-0.3, -0.25) is 9.58 Å². The molecule has 4 heteroatoms. The zero-order chi connectivity index (χ0) is 14.1. The fourth-order valence-electron chi connectivity index (χ4n) is 3.16. The maximum atomic E-state index is 6.07. The van der Waals surface area contributed by atoms with Gasteiger partial charge in [0.2, 0.25) is 0 Å². The Morgan fingerprint density at radius 2 is 1.90 bits per heavy atom. The predicted octanol–water partition coefficient (Wildman–Crippen LogP) is 2.00. The van der Waals surface area contributed by atoms with E-state index >= 15 is 0 Å². The number of rotatable bonds is 4. The number of aryl methyl sites for hydroxylation is 2. The molecule has 4 nitrogen and oxygen atoms in total. The summed E-state index contributed by atoms with van der Waals surface area (Å²) in [7, 11) is 1.98. The van der Waals surface area contributed by atoms with Crippen LogP contribution in [-0.2, 0) is 26.6 Å².